The number of guanidine groups is 1. The molecular formula is C23H52N8O8. The third kappa shape index (κ3) is 31.1. The summed E-state index contributed by atoms with van der Waals surface area (Å²) in [5.41, 5.74) is 31.1. The minimum absolute atomic E-state index is 0.0208. The van der Waals surface area contributed by atoms with E-state index in [1.807, 2.05) is 13.8 Å². The zero-order chi connectivity index (χ0) is 31.7. The van der Waals surface area contributed by atoms with Crippen LogP contribution in [0.5, 0.6) is 0 Å². The average molecular weight is 569 g/mol. The maximum Gasteiger partial charge on any atom is 0.320 e. The van der Waals surface area contributed by atoms with Crippen molar-refractivity contribution >= 4 is 29.8 Å². The van der Waals surface area contributed by atoms with Crippen molar-refractivity contribution in [3.63, 3.8) is 0 Å². The third-order valence-corrected chi connectivity index (χ3v) is 5.16. The predicted octanol–water partition coefficient (Wildman–Crippen LogP) is -1.31. The van der Waals surface area contributed by atoms with Crippen LogP contribution in [0.2, 0.25) is 0 Å². The maximum atomic E-state index is 10.2. The van der Waals surface area contributed by atoms with Crippen molar-refractivity contribution < 1.29 is 39.6 Å². The molecule has 232 valence electrons. The zero-order valence-corrected chi connectivity index (χ0v) is 23.5. The first kappa shape index (κ1) is 43.0. The lowest BCUT2D eigenvalue weighted by Crippen LogP contribution is -2.36. The van der Waals surface area contributed by atoms with Crippen LogP contribution in [0.25, 0.3) is 0 Å². The number of unbranched alkanes of at least 4 members (excludes halogenated alkanes) is 1. The molecule has 0 aromatic heterocycles. The first-order valence-corrected chi connectivity index (χ1v) is 12.6. The number of rotatable bonds is 15. The van der Waals surface area contributed by atoms with Gasteiger partial charge in [-0.2, -0.15) is 0 Å². The Kier molecular flexibility index (Phi) is 29.3. The van der Waals surface area contributed by atoms with Gasteiger partial charge < -0.3 is 60.1 Å². The minimum atomic E-state index is -1.00. The molecule has 0 saturated heterocycles. The number of hydrogen-bond donors (Lipinski definition) is 12. The van der Waals surface area contributed by atoms with E-state index in [0.717, 1.165) is 19.3 Å². The lowest BCUT2D eigenvalue weighted by Gasteiger charge is -2.11. The fourth-order valence-electron chi connectivity index (χ4n) is 2.08. The van der Waals surface area contributed by atoms with E-state index >= 15 is 0 Å². The molecule has 0 fully saturated rings. The molecule has 5 unspecified atom stereocenters. The topological polar surface area (TPSA) is 341 Å². The van der Waals surface area contributed by atoms with Crippen LogP contribution in [0, 0.1) is 17.2 Å². The first-order valence-electron chi connectivity index (χ1n) is 12.6. The Bertz CT molecular complexity index is 697. The highest BCUT2D eigenvalue weighted by atomic mass is 16.4. The number of carboxylic acids is 4. The van der Waals surface area contributed by atoms with Crippen LogP contribution in [-0.2, 0) is 19.2 Å². The minimum Gasteiger partial charge on any atom is -0.480 e. The Balaban J connectivity index is -0.000000212. The molecule has 0 aromatic carbocycles. The summed E-state index contributed by atoms with van der Waals surface area (Å²) in [5, 5.41) is 42.6. The number of aliphatic carboxylic acids is 4. The molecule has 18 N–H and O–H groups in total. The van der Waals surface area contributed by atoms with Gasteiger partial charge in [-0.05, 0) is 44.1 Å². The monoisotopic (exact) mass is 568 g/mol. The summed E-state index contributed by atoms with van der Waals surface area (Å²) in [7, 11) is 0. The summed E-state index contributed by atoms with van der Waals surface area (Å²) in [6, 6.07) is -2.95. The summed E-state index contributed by atoms with van der Waals surface area (Å²) in [6.45, 7) is 8.40. The van der Waals surface area contributed by atoms with Gasteiger partial charge in [0.25, 0.3) is 0 Å². The molecule has 0 aliphatic rings. The summed E-state index contributed by atoms with van der Waals surface area (Å²) in [5.74, 6) is -3.80. The molecule has 0 radical (unpaired) electrons. The van der Waals surface area contributed by atoms with E-state index in [2.05, 4.69) is 5.32 Å². The van der Waals surface area contributed by atoms with E-state index in [9.17, 15) is 19.2 Å². The van der Waals surface area contributed by atoms with Crippen LogP contribution in [-0.4, -0.2) is 87.5 Å². The normalized spacial score (nSPS) is 13.8. The van der Waals surface area contributed by atoms with Crippen molar-refractivity contribution in [1.29, 1.82) is 5.41 Å². The van der Waals surface area contributed by atoms with Crippen molar-refractivity contribution in [1.82, 2.24) is 5.32 Å². The van der Waals surface area contributed by atoms with E-state index in [-0.39, 0.29) is 17.8 Å². The van der Waals surface area contributed by atoms with E-state index in [1.165, 1.54) is 0 Å². The van der Waals surface area contributed by atoms with Gasteiger partial charge in [0.15, 0.2) is 5.96 Å². The lowest BCUT2D eigenvalue weighted by atomic mass is 10.0. The van der Waals surface area contributed by atoms with Gasteiger partial charge in [-0.3, -0.25) is 24.6 Å². The van der Waals surface area contributed by atoms with Gasteiger partial charge in [0.1, 0.15) is 24.2 Å². The standard InChI is InChI=1S/C6H14N4O2.C6H14N2O2.C6H13NO2.C5H11NO2/c7-4(5(11)12)2-1-3-10-6(8)9;7-4-2-1-3-5(8)6(9)10;1-3-4(2)5(7)6(8)9;1-3(2)4(6)5(7)8/h4H,1-3,7H2,(H,11,12)(H4,8,9,10);5H,1-4,7-8H2,(H,9,10);4-5H,3,7H2,1-2H3,(H,8,9);3-4H,6H2,1-2H3,(H,7,8). The van der Waals surface area contributed by atoms with Gasteiger partial charge in [-0.1, -0.05) is 40.5 Å². The number of carboxylic acid groups (broad SMARTS) is 4. The van der Waals surface area contributed by atoms with E-state index in [0.29, 0.717) is 32.4 Å². The van der Waals surface area contributed by atoms with E-state index in [1.54, 1.807) is 13.8 Å². The number of nitrogens with two attached hydrogens (primary N) is 6. The second kappa shape index (κ2) is 26.6. The number of carbonyl (C=O) groups is 4. The van der Waals surface area contributed by atoms with Crippen LogP contribution in [0.15, 0.2) is 0 Å². The molecule has 39 heavy (non-hydrogen) atoms. The van der Waals surface area contributed by atoms with Crippen LogP contribution >= 0.6 is 0 Å². The molecule has 0 bridgehead atoms. The molecular weight excluding hydrogens is 516 g/mol. The zero-order valence-electron chi connectivity index (χ0n) is 23.5. The van der Waals surface area contributed by atoms with Crippen molar-refractivity contribution in [2.45, 2.75) is 90.4 Å². The maximum absolute atomic E-state index is 10.2. The summed E-state index contributed by atoms with van der Waals surface area (Å²) >= 11 is 0. The Labute approximate surface area is 230 Å². The highest BCUT2D eigenvalue weighted by molar-refractivity contribution is 5.75. The SMILES string of the molecule is CC(C)C(N)C(=O)O.CCC(C)C(N)C(=O)O.N=C(N)NCCCC(N)C(=O)O.NCCCCC(N)C(=O)O. The molecule has 5 atom stereocenters. The fourth-order valence-corrected chi connectivity index (χ4v) is 2.08. The summed E-state index contributed by atoms with van der Waals surface area (Å²) in [4.78, 5) is 40.5. The molecule has 0 rings (SSSR count). The molecule has 0 heterocycles. The number of hydrogen-bond acceptors (Lipinski definition) is 10. The molecule has 16 heteroatoms. The lowest BCUT2D eigenvalue weighted by molar-refractivity contribution is -0.140. The number of nitrogens with one attached hydrogen (secondary N) is 2. The van der Waals surface area contributed by atoms with Gasteiger partial charge in [0.2, 0.25) is 0 Å². The highest BCUT2D eigenvalue weighted by Gasteiger charge is 2.17. The third-order valence-electron chi connectivity index (χ3n) is 5.16. The molecule has 0 amide bonds. The van der Waals surface area contributed by atoms with Gasteiger partial charge >= 0.3 is 23.9 Å². The second-order valence-corrected chi connectivity index (χ2v) is 9.01. The van der Waals surface area contributed by atoms with E-state index < -0.39 is 48.0 Å². The summed E-state index contributed by atoms with van der Waals surface area (Å²) < 4.78 is 0. The molecule has 0 aliphatic carbocycles. The van der Waals surface area contributed by atoms with Crippen molar-refractivity contribution in [3.8, 4) is 0 Å². The second-order valence-electron chi connectivity index (χ2n) is 9.01. The summed E-state index contributed by atoms with van der Waals surface area (Å²) in [6.07, 6.45) is 3.95. The first-order chi connectivity index (χ1) is 17.9. The predicted molar refractivity (Wildman–Crippen MR) is 149 cm³/mol. The largest absolute Gasteiger partial charge is 0.480 e. The van der Waals surface area contributed by atoms with E-state index in [4.69, 9.17) is 60.2 Å². The van der Waals surface area contributed by atoms with Crippen LogP contribution in [0.3, 0.4) is 0 Å². The quantitative estimate of drug-likeness (QED) is 0.0619. The molecule has 16 nitrogen and oxygen atoms in total. The molecule has 0 aromatic rings. The van der Waals surface area contributed by atoms with Gasteiger partial charge in [0.05, 0.1) is 0 Å². The van der Waals surface area contributed by atoms with Crippen LogP contribution in [0.1, 0.15) is 66.2 Å². The van der Waals surface area contributed by atoms with Gasteiger partial charge in [0, 0.05) is 6.54 Å². The Hall–Kier alpha value is -3.05. The van der Waals surface area contributed by atoms with Crippen LogP contribution in [0.4, 0.5) is 0 Å². The highest BCUT2D eigenvalue weighted by Crippen LogP contribution is 2.04. The fraction of sp³-hybridized carbons (Fsp3) is 0.783. The molecule has 0 saturated carbocycles. The Morgan fingerprint density at radius 1 is 0.744 bits per heavy atom. The van der Waals surface area contributed by atoms with Crippen molar-refractivity contribution in [2.75, 3.05) is 13.1 Å². The van der Waals surface area contributed by atoms with Crippen molar-refractivity contribution in [2.24, 2.45) is 46.2 Å². The average Bonchev–Trinajstić information content (AvgIpc) is 2.85. The Morgan fingerprint density at radius 3 is 1.38 bits per heavy atom. The smallest absolute Gasteiger partial charge is 0.320 e. The van der Waals surface area contributed by atoms with Crippen LogP contribution < -0.4 is 39.7 Å². The van der Waals surface area contributed by atoms with Crippen molar-refractivity contribution in [3.05, 3.63) is 0 Å². The van der Waals surface area contributed by atoms with Gasteiger partial charge in [-0.15, -0.1) is 0 Å². The molecule has 0 spiro atoms. The molecule has 0 aliphatic heterocycles. The Morgan fingerprint density at radius 2 is 1.15 bits per heavy atom. The van der Waals surface area contributed by atoms with Gasteiger partial charge in [-0.25, -0.2) is 0 Å².